The average Bonchev–Trinajstić information content (AvgIpc) is 2.47. The third-order valence-electron chi connectivity index (χ3n) is 3.32. The van der Waals surface area contributed by atoms with Crippen LogP contribution in [-0.2, 0) is 0 Å². The lowest BCUT2D eigenvalue weighted by Gasteiger charge is -2.22. The van der Waals surface area contributed by atoms with Gasteiger partial charge in [0.25, 0.3) is 0 Å². The molecule has 0 aliphatic carbocycles. The van der Waals surface area contributed by atoms with Gasteiger partial charge in [-0.15, -0.1) is 0 Å². The minimum atomic E-state index is -1.00. The molecule has 0 N–H and O–H groups in total. The van der Waals surface area contributed by atoms with Crippen LogP contribution in [0.25, 0.3) is 0 Å². The van der Waals surface area contributed by atoms with Crippen LogP contribution in [0.1, 0.15) is 22.8 Å². The highest BCUT2D eigenvalue weighted by molar-refractivity contribution is 5.99. The molecule has 0 aliphatic heterocycles. The fourth-order valence-corrected chi connectivity index (χ4v) is 2.14. The Labute approximate surface area is 123 Å². The van der Waals surface area contributed by atoms with Gasteiger partial charge in [0, 0.05) is 17.8 Å². The quantitative estimate of drug-likeness (QED) is 0.776. The van der Waals surface area contributed by atoms with Crippen molar-refractivity contribution in [1.29, 1.82) is 0 Å². The summed E-state index contributed by atoms with van der Waals surface area (Å²) >= 11 is 0. The number of ketones is 1. The highest BCUT2D eigenvalue weighted by Gasteiger charge is 2.14. The molecule has 21 heavy (non-hydrogen) atoms. The smallest absolute Gasteiger partial charge is 0.182 e. The number of rotatable bonds is 5. The number of carbonyl (C=O) groups is 1. The van der Waals surface area contributed by atoms with Gasteiger partial charge in [0.2, 0.25) is 0 Å². The lowest BCUT2D eigenvalue weighted by molar-refractivity contribution is 0.0998. The van der Waals surface area contributed by atoms with Gasteiger partial charge in [0.05, 0.1) is 6.54 Å². The van der Waals surface area contributed by atoms with E-state index in [2.05, 4.69) is 0 Å². The van der Waals surface area contributed by atoms with Crippen LogP contribution in [0.3, 0.4) is 0 Å². The molecule has 0 radical (unpaired) electrons. The molecule has 0 amide bonds. The maximum atomic E-state index is 13.2. The number of anilines is 1. The Bertz CT molecular complexity index is 655. The Balaban J connectivity index is 2.18. The third-order valence-corrected chi connectivity index (χ3v) is 3.32. The molecule has 0 aromatic heterocycles. The Kier molecular flexibility index (Phi) is 4.68. The normalized spacial score (nSPS) is 10.5. The van der Waals surface area contributed by atoms with E-state index < -0.39 is 11.6 Å². The summed E-state index contributed by atoms with van der Waals surface area (Å²) in [5.41, 5.74) is 2.22. The topological polar surface area (TPSA) is 20.3 Å². The summed E-state index contributed by atoms with van der Waals surface area (Å²) in [6, 6.07) is 11.1. The number of nitrogens with zero attached hydrogens (tertiary/aromatic N) is 1. The van der Waals surface area contributed by atoms with Gasteiger partial charge in [0.1, 0.15) is 0 Å². The average molecular weight is 289 g/mol. The van der Waals surface area contributed by atoms with Crippen molar-refractivity contribution in [2.45, 2.75) is 13.8 Å². The lowest BCUT2D eigenvalue weighted by atomic mass is 10.1. The van der Waals surface area contributed by atoms with Gasteiger partial charge in [-0.2, -0.15) is 0 Å². The third kappa shape index (κ3) is 3.66. The number of Topliss-reactive ketones (excluding diaryl/α,β-unsaturated/α-hetero) is 1. The molecular weight excluding hydrogens is 272 g/mol. The Morgan fingerprint density at radius 3 is 2.48 bits per heavy atom. The van der Waals surface area contributed by atoms with E-state index in [9.17, 15) is 13.6 Å². The summed E-state index contributed by atoms with van der Waals surface area (Å²) in [6.07, 6.45) is 0. The molecule has 0 aliphatic rings. The maximum Gasteiger partial charge on any atom is 0.182 e. The summed E-state index contributed by atoms with van der Waals surface area (Å²) in [6.45, 7) is 4.71. The van der Waals surface area contributed by atoms with E-state index in [1.165, 1.54) is 6.07 Å². The Hall–Kier alpha value is -2.23. The highest BCUT2D eigenvalue weighted by Crippen LogP contribution is 2.17. The second-order valence-corrected chi connectivity index (χ2v) is 4.91. The van der Waals surface area contributed by atoms with E-state index in [1.807, 2.05) is 43.0 Å². The number of likely N-dealkylation sites (N-methyl/N-ethyl adjacent to an activating group) is 1. The minimum absolute atomic E-state index is 0.130. The first-order valence-electron chi connectivity index (χ1n) is 6.81. The monoisotopic (exact) mass is 289 g/mol. The predicted molar refractivity (Wildman–Crippen MR) is 79.8 cm³/mol. The zero-order valence-corrected chi connectivity index (χ0v) is 12.1. The standard InChI is InChI=1S/C17H17F2NO/c1-3-20(14-6-4-5-12(2)9-14)11-17(21)13-7-8-15(18)16(19)10-13/h4-10H,3,11H2,1-2H3. The molecule has 0 bridgehead atoms. The van der Waals surface area contributed by atoms with Crippen molar-refractivity contribution in [3.8, 4) is 0 Å². The van der Waals surface area contributed by atoms with E-state index in [0.29, 0.717) is 6.54 Å². The van der Waals surface area contributed by atoms with Crippen molar-refractivity contribution in [2.24, 2.45) is 0 Å². The van der Waals surface area contributed by atoms with Gasteiger partial charge in [-0.25, -0.2) is 8.78 Å². The van der Waals surface area contributed by atoms with Crippen LogP contribution in [-0.4, -0.2) is 18.9 Å². The lowest BCUT2D eigenvalue weighted by Crippen LogP contribution is -2.29. The fourth-order valence-electron chi connectivity index (χ4n) is 2.14. The second-order valence-electron chi connectivity index (χ2n) is 4.91. The number of aryl methyl sites for hydroxylation is 1. The molecule has 0 atom stereocenters. The zero-order chi connectivity index (χ0) is 15.4. The zero-order valence-electron chi connectivity index (χ0n) is 12.1. The molecule has 110 valence electrons. The minimum Gasteiger partial charge on any atom is -0.364 e. The second kappa shape index (κ2) is 6.48. The van der Waals surface area contributed by atoms with Crippen LogP contribution in [0, 0.1) is 18.6 Å². The first kappa shape index (κ1) is 15.2. The van der Waals surface area contributed by atoms with Crippen LogP contribution >= 0.6 is 0 Å². The van der Waals surface area contributed by atoms with E-state index in [0.717, 1.165) is 23.4 Å². The maximum absolute atomic E-state index is 13.2. The summed E-state index contributed by atoms with van der Waals surface area (Å²) in [5, 5.41) is 0. The van der Waals surface area contributed by atoms with Gasteiger partial charge in [-0.3, -0.25) is 4.79 Å². The molecule has 0 heterocycles. The van der Waals surface area contributed by atoms with Crippen molar-refractivity contribution >= 4 is 11.5 Å². The van der Waals surface area contributed by atoms with Crippen LogP contribution in [0.5, 0.6) is 0 Å². The van der Waals surface area contributed by atoms with Gasteiger partial charge in [0.15, 0.2) is 17.4 Å². The summed E-state index contributed by atoms with van der Waals surface area (Å²) < 4.78 is 26.1. The molecule has 0 unspecified atom stereocenters. The van der Waals surface area contributed by atoms with Crippen LogP contribution in [0.4, 0.5) is 14.5 Å². The molecule has 0 fully saturated rings. The van der Waals surface area contributed by atoms with Crippen molar-refractivity contribution < 1.29 is 13.6 Å². The van der Waals surface area contributed by atoms with Gasteiger partial charge < -0.3 is 4.90 Å². The van der Waals surface area contributed by atoms with E-state index >= 15 is 0 Å². The van der Waals surface area contributed by atoms with Crippen LogP contribution in [0.2, 0.25) is 0 Å². The molecule has 0 spiro atoms. The molecule has 4 heteroatoms. The molecule has 2 aromatic carbocycles. The number of hydrogen-bond acceptors (Lipinski definition) is 2. The first-order chi connectivity index (χ1) is 10.0. The van der Waals surface area contributed by atoms with E-state index in [-0.39, 0.29) is 17.9 Å². The first-order valence-corrected chi connectivity index (χ1v) is 6.81. The van der Waals surface area contributed by atoms with Crippen LogP contribution < -0.4 is 4.90 Å². The molecule has 2 nitrogen and oxygen atoms in total. The van der Waals surface area contributed by atoms with E-state index in [4.69, 9.17) is 0 Å². The number of hydrogen-bond donors (Lipinski definition) is 0. The fraction of sp³-hybridized carbons (Fsp3) is 0.235. The largest absolute Gasteiger partial charge is 0.364 e. The van der Waals surface area contributed by atoms with Crippen molar-refractivity contribution in [3.63, 3.8) is 0 Å². The molecule has 0 saturated heterocycles. The van der Waals surface area contributed by atoms with Crippen molar-refractivity contribution in [1.82, 2.24) is 0 Å². The SMILES string of the molecule is CCN(CC(=O)c1ccc(F)c(F)c1)c1cccc(C)c1. The van der Waals surface area contributed by atoms with Crippen molar-refractivity contribution in [2.75, 3.05) is 18.0 Å². The van der Waals surface area contributed by atoms with Gasteiger partial charge in [-0.05, 0) is 49.7 Å². The highest BCUT2D eigenvalue weighted by atomic mass is 19.2. The molecule has 2 aromatic rings. The van der Waals surface area contributed by atoms with Gasteiger partial charge in [-0.1, -0.05) is 12.1 Å². The van der Waals surface area contributed by atoms with E-state index in [1.54, 1.807) is 0 Å². The number of benzene rings is 2. The molecule has 2 rings (SSSR count). The Morgan fingerprint density at radius 2 is 1.86 bits per heavy atom. The summed E-state index contributed by atoms with van der Waals surface area (Å²) in [4.78, 5) is 14.1. The van der Waals surface area contributed by atoms with Crippen LogP contribution in [0.15, 0.2) is 42.5 Å². The summed E-state index contributed by atoms with van der Waals surface area (Å²) in [5.74, 6) is -2.19. The number of carbonyl (C=O) groups excluding carboxylic acids is 1. The number of halogens is 2. The Morgan fingerprint density at radius 1 is 1.10 bits per heavy atom. The molecule has 0 saturated carbocycles. The predicted octanol–water partition coefficient (Wildman–Crippen LogP) is 3.98. The summed E-state index contributed by atoms with van der Waals surface area (Å²) in [7, 11) is 0. The van der Waals surface area contributed by atoms with Gasteiger partial charge >= 0.3 is 0 Å². The molecular formula is C17H17F2NO. The van der Waals surface area contributed by atoms with Crippen molar-refractivity contribution in [3.05, 3.63) is 65.2 Å².